The molecule has 0 bridgehead atoms. The summed E-state index contributed by atoms with van der Waals surface area (Å²) in [6.07, 6.45) is -3.74. The second-order valence-corrected chi connectivity index (χ2v) is 7.07. The number of ether oxygens (including phenoxy) is 1. The van der Waals surface area contributed by atoms with Gasteiger partial charge in [-0.25, -0.2) is 4.68 Å². The van der Waals surface area contributed by atoms with Crippen molar-refractivity contribution in [2.24, 2.45) is 4.36 Å². The van der Waals surface area contributed by atoms with Crippen molar-refractivity contribution in [1.29, 1.82) is 0 Å². The van der Waals surface area contributed by atoms with E-state index in [1.807, 2.05) is 6.92 Å². The van der Waals surface area contributed by atoms with Crippen LogP contribution in [-0.2, 0) is 17.6 Å². The molecule has 5 nitrogen and oxygen atoms in total. The lowest BCUT2D eigenvalue weighted by Crippen LogP contribution is -2.08. The van der Waals surface area contributed by atoms with E-state index in [1.165, 1.54) is 4.68 Å². The molecule has 0 saturated carbocycles. The first-order valence-electron chi connectivity index (χ1n) is 9.27. The summed E-state index contributed by atoms with van der Waals surface area (Å²) in [6, 6.07) is 11.2. The number of nitrogens with zero attached hydrogens (tertiary/aromatic N) is 3. The van der Waals surface area contributed by atoms with Crippen LogP contribution in [0.2, 0.25) is 0 Å². The minimum atomic E-state index is -4.60. The fourth-order valence-electron chi connectivity index (χ4n) is 3.08. The van der Waals surface area contributed by atoms with Gasteiger partial charge in [0, 0.05) is 11.1 Å². The van der Waals surface area contributed by atoms with Crippen molar-refractivity contribution in [2.45, 2.75) is 33.4 Å². The number of alkyl halides is 3. The smallest absolute Gasteiger partial charge is 0.435 e. The third-order valence-electron chi connectivity index (χ3n) is 4.58. The zero-order valence-corrected chi connectivity index (χ0v) is 17.5. The number of halogens is 3. The monoisotopic (exact) mass is 435 g/mol. The molecule has 158 valence electrons. The molecule has 0 aliphatic carbocycles. The molecule has 30 heavy (non-hydrogen) atoms. The van der Waals surface area contributed by atoms with E-state index in [4.69, 9.17) is 4.74 Å². The minimum Gasteiger partial charge on any atom is -0.494 e. The maximum absolute atomic E-state index is 13.4. The number of hydrogen-bond acceptors (Lipinski definition) is 4. The van der Waals surface area contributed by atoms with Crippen LogP contribution in [0.4, 0.5) is 18.9 Å². The molecule has 0 aliphatic heterocycles. The van der Waals surface area contributed by atoms with Crippen molar-refractivity contribution >= 4 is 17.2 Å². The summed E-state index contributed by atoms with van der Waals surface area (Å²) in [5, 5.41) is 3.83. The summed E-state index contributed by atoms with van der Waals surface area (Å²) in [5.41, 5.74) is 2.01. The van der Waals surface area contributed by atoms with Gasteiger partial charge in [-0.2, -0.15) is 26.8 Å². The zero-order chi connectivity index (χ0) is 21.9. The van der Waals surface area contributed by atoms with E-state index >= 15 is 0 Å². The lowest BCUT2D eigenvalue weighted by atomic mass is 10.1. The van der Waals surface area contributed by atoms with Crippen LogP contribution < -0.4 is 4.74 Å². The highest BCUT2D eigenvalue weighted by molar-refractivity contribution is 7.54. The predicted octanol–water partition coefficient (Wildman–Crippen LogP) is 5.99. The van der Waals surface area contributed by atoms with Crippen LogP contribution in [0.15, 0.2) is 46.8 Å². The average Bonchev–Trinajstić information content (AvgIpc) is 3.15. The highest BCUT2D eigenvalue weighted by atomic mass is 32.1. The Morgan fingerprint density at radius 2 is 1.83 bits per heavy atom. The molecule has 0 fully saturated rings. The second-order valence-electron chi connectivity index (χ2n) is 6.74. The first kappa shape index (κ1) is 21.8. The van der Waals surface area contributed by atoms with Crippen molar-refractivity contribution in [3.8, 4) is 22.7 Å². The van der Waals surface area contributed by atoms with Crippen LogP contribution in [0.3, 0.4) is 0 Å². The maximum Gasteiger partial charge on any atom is 0.435 e. The van der Waals surface area contributed by atoms with Gasteiger partial charge >= 0.3 is 6.18 Å². The lowest BCUT2D eigenvalue weighted by Gasteiger charge is -2.13. The molecule has 1 aromatic heterocycles. The fraction of sp³-hybridized carbons (Fsp3) is 0.286. The number of aromatic nitrogens is 2. The van der Waals surface area contributed by atoms with Gasteiger partial charge in [0.05, 0.1) is 23.7 Å². The molecular formula is C21H20F3N3O2S. The molecule has 3 rings (SSSR count). The normalized spacial score (nSPS) is 11.4. The highest BCUT2D eigenvalue weighted by Gasteiger charge is 2.35. The highest BCUT2D eigenvalue weighted by Crippen LogP contribution is 2.36. The van der Waals surface area contributed by atoms with Crippen LogP contribution >= 0.6 is 0 Å². The Hall–Kier alpha value is -2.94. The number of rotatable bonds is 6. The lowest BCUT2D eigenvalue weighted by molar-refractivity contribution is -0.141. The summed E-state index contributed by atoms with van der Waals surface area (Å²) in [6.45, 7) is 6.03. The van der Waals surface area contributed by atoms with Gasteiger partial charge in [0.25, 0.3) is 0 Å². The largest absolute Gasteiger partial charge is 0.494 e. The van der Waals surface area contributed by atoms with E-state index in [1.54, 1.807) is 50.2 Å². The summed E-state index contributed by atoms with van der Waals surface area (Å²) in [4.78, 5) is 0. The molecule has 0 amide bonds. The third-order valence-corrected chi connectivity index (χ3v) is 4.84. The van der Waals surface area contributed by atoms with Gasteiger partial charge in [-0.3, -0.25) is 0 Å². The quantitative estimate of drug-likeness (QED) is 0.478. The number of aryl methyl sites for hydroxylation is 1. The average molecular weight is 435 g/mol. The fourth-order valence-corrected chi connectivity index (χ4v) is 3.44. The van der Waals surface area contributed by atoms with E-state index in [0.29, 0.717) is 34.9 Å². The Balaban J connectivity index is 2.17. The molecule has 0 saturated heterocycles. The molecule has 0 radical (unpaired) electrons. The molecule has 0 unspecified atom stereocenters. The van der Waals surface area contributed by atoms with Crippen LogP contribution in [0.5, 0.6) is 5.75 Å². The summed E-state index contributed by atoms with van der Waals surface area (Å²) >= 11 is 0.0564. The SMILES string of the molecule is CCCOc1ccc(-c2cc(C(F)(F)F)nn2-c2ccc(C)c(N=S=O)c2C)cc1. The van der Waals surface area contributed by atoms with Crippen LogP contribution in [0.25, 0.3) is 16.9 Å². The molecule has 3 aromatic rings. The Morgan fingerprint density at radius 3 is 2.43 bits per heavy atom. The van der Waals surface area contributed by atoms with Crippen LogP contribution in [0.1, 0.15) is 30.2 Å². The molecule has 2 aromatic carbocycles. The van der Waals surface area contributed by atoms with Gasteiger partial charge in [-0.15, -0.1) is 0 Å². The van der Waals surface area contributed by atoms with Crippen LogP contribution in [-0.4, -0.2) is 20.6 Å². The number of hydrogen-bond donors (Lipinski definition) is 0. The van der Waals surface area contributed by atoms with Crippen molar-refractivity contribution in [2.75, 3.05) is 6.61 Å². The Labute approximate surface area is 175 Å². The summed E-state index contributed by atoms with van der Waals surface area (Å²) in [5.74, 6) is 0.641. The predicted molar refractivity (Wildman–Crippen MR) is 109 cm³/mol. The van der Waals surface area contributed by atoms with Gasteiger partial charge in [-0.05, 0) is 62.2 Å². The van der Waals surface area contributed by atoms with E-state index in [-0.39, 0.29) is 17.2 Å². The van der Waals surface area contributed by atoms with Gasteiger partial charge in [0.15, 0.2) is 5.69 Å². The van der Waals surface area contributed by atoms with Gasteiger partial charge in [-0.1, -0.05) is 13.0 Å². The first-order valence-corrected chi connectivity index (χ1v) is 9.97. The van der Waals surface area contributed by atoms with Gasteiger partial charge < -0.3 is 4.74 Å². The molecule has 1 heterocycles. The Kier molecular flexibility index (Phi) is 6.40. The third kappa shape index (κ3) is 4.46. The van der Waals surface area contributed by atoms with Crippen molar-refractivity contribution in [3.63, 3.8) is 0 Å². The summed E-state index contributed by atoms with van der Waals surface area (Å²) in [7, 11) is 0. The first-order chi connectivity index (χ1) is 14.3. The topological polar surface area (TPSA) is 56.5 Å². The van der Waals surface area contributed by atoms with Gasteiger partial charge in [0.2, 0.25) is 11.5 Å². The summed E-state index contributed by atoms with van der Waals surface area (Å²) < 4.78 is 61.9. The Bertz CT molecular complexity index is 1100. The van der Waals surface area contributed by atoms with E-state index < -0.39 is 11.9 Å². The number of benzene rings is 2. The molecule has 0 spiro atoms. The van der Waals surface area contributed by atoms with E-state index in [2.05, 4.69) is 9.46 Å². The van der Waals surface area contributed by atoms with Crippen LogP contribution in [0, 0.1) is 13.8 Å². The molecule has 9 heteroatoms. The van der Waals surface area contributed by atoms with Crippen molar-refractivity contribution < 1.29 is 22.1 Å². The molecule has 0 aliphatic rings. The van der Waals surface area contributed by atoms with Crippen molar-refractivity contribution in [1.82, 2.24) is 9.78 Å². The van der Waals surface area contributed by atoms with E-state index in [9.17, 15) is 17.4 Å². The standard InChI is InChI=1S/C21H20F3N3O2S/c1-4-11-29-16-8-6-15(7-9-16)18-12-19(21(22,23)24)25-27(18)17-10-5-13(2)20(14(17)3)26-30-28/h5-10,12H,4,11H2,1-3H3. The Morgan fingerprint density at radius 1 is 1.13 bits per heavy atom. The molecular weight excluding hydrogens is 415 g/mol. The maximum atomic E-state index is 13.4. The van der Waals surface area contributed by atoms with E-state index in [0.717, 1.165) is 18.1 Å². The zero-order valence-electron chi connectivity index (χ0n) is 16.7. The van der Waals surface area contributed by atoms with Crippen molar-refractivity contribution in [3.05, 3.63) is 59.3 Å². The molecule has 0 N–H and O–H groups in total. The molecule has 0 atom stereocenters. The second kappa shape index (κ2) is 8.83. The minimum absolute atomic E-state index is 0.0564. The van der Waals surface area contributed by atoms with Gasteiger partial charge in [0.1, 0.15) is 5.75 Å².